The molecule has 1 saturated carbocycles. The first kappa shape index (κ1) is 17.8. The Bertz CT molecular complexity index is 657. The van der Waals surface area contributed by atoms with Gasteiger partial charge in [-0.25, -0.2) is 4.39 Å². The number of carbonyl (C=O) groups excluding carboxylic acids is 2. The highest BCUT2D eigenvalue weighted by atomic mass is 19.1. The van der Waals surface area contributed by atoms with Crippen LogP contribution in [0.15, 0.2) is 24.3 Å². The van der Waals surface area contributed by atoms with E-state index < -0.39 is 23.9 Å². The van der Waals surface area contributed by atoms with Crippen LogP contribution in [-0.2, 0) is 14.3 Å². The highest BCUT2D eigenvalue weighted by Gasteiger charge is 2.43. The van der Waals surface area contributed by atoms with Crippen molar-refractivity contribution in [2.45, 2.75) is 31.4 Å². The molecule has 6 nitrogen and oxygen atoms in total. The number of ether oxygens (including phenoxy) is 1. The van der Waals surface area contributed by atoms with Crippen molar-refractivity contribution in [2.75, 3.05) is 26.8 Å². The molecular formula is C18H23FN2O4. The Labute approximate surface area is 146 Å². The number of halogens is 1. The van der Waals surface area contributed by atoms with E-state index in [0.717, 1.165) is 19.3 Å². The summed E-state index contributed by atoms with van der Waals surface area (Å²) in [6, 6.07) is 5.25. The lowest BCUT2D eigenvalue weighted by molar-refractivity contribution is -0.162. The molecule has 0 radical (unpaired) electrons. The molecule has 1 heterocycles. The maximum Gasteiger partial charge on any atom is 0.251 e. The minimum atomic E-state index is -0.990. The molecule has 136 valence electrons. The predicted molar refractivity (Wildman–Crippen MR) is 88.0 cm³/mol. The molecule has 2 atom stereocenters. The van der Waals surface area contributed by atoms with Crippen LogP contribution in [0.2, 0.25) is 0 Å². The van der Waals surface area contributed by atoms with Gasteiger partial charge < -0.3 is 20.1 Å². The highest BCUT2D eigenvalue weighted by Crippen LogP contribution is 2.40. The van der Waals surface area contributed by atoms with Crippen LogP contribution in [0.3, 0.4) is 0 Å². The van der Waals surface area contributed by atoms with Crippen LogP contribution < -0.4 is 5.32 Å². The number of amides is 2. The average molecular weight is 350 g/mol. The Balaban J connectivity index is 1.78. The van der Waals surface area contributed by atoms with Crippen molar-refractivity contribution < 1.29 is 23.8 Å². The van der Waals surface area contributed by atoms with Crippen molar-refractivity contribution in [2.24, 2.45) is 5.41 Å². The maximum absolute atomic E-state index is 14.2. The fourth-order valence-corrected chi connectivity index (χ4v) is 3.46. The van der Waals surface area contributed by atoms with Crippen LogP contribution in [0.1, 0.15) is 30.9 Å². The number of benzene rings is 1. The molecule has 0 unspecified atom stereocenters. The lowest BCUT2D eigenvalue weighted by atomic mass is 9.69. The van der Waals surface area contributed by atoms with Gasteiger partial charge in [0.2, 0.25) is 5.91 Å². The highest BCUT2D eigenvalue weighted by molar-refractivity contribution is 5.86. The molecule has 25 heavy (non-hydrogen) atoms. The standard InChI is InChI=1S/C18H23FN2O4/c1-21-14(23)9-25-16(15(21)12-5-2-3-6-13(12)19)17(24)20-10-18(11-22)7-4-8-18/h2-3,5-6,15-16,22H,4,7-11H2,1H3,(H,20,24)/t15-,16+/m0/s1. The monoisotopic (exact) mass is 350 g/mol. The first-order valence-corrected chi connectivity index (χ1v) is 8.48. The van der Waals surface area contributed by atoms with E-state index in [1.807, 2.05) is 0 Å². The summed E-state index contributed by atoms with van der Waals surface area (Å²) in [5, 5.41) is 12.3. The summed E-state index contributed by atoms with van der Waals surface area (Å²) in [5.41, 5.74) is -0.0155. The van der Waals surface area contributed by atoms with Gasteiger partial charge >= 0.3 is 0 Å². The lowest BCUT2D eigenvalue weighted by Crippen LogP contribution is -2.55. The molecule has 1 aliphatic carbocycles. The Kier molecular flexibility index (Phi) is 5.06. The van der Waals surface area contributed by atoms with Crippen molar-refractivity contribution >= 4 is 11.8 Å². The van der Waals surface area contributed by atoms with Crippen LogP contribution in [0.5, 0.6) is 0 Å². The number of likely N-dealkylation sites (N-methyl/N-ethyl adjacent to an activating group) is 1. The summed E-state index contributed by atoms with van der Waals surface area (Å²) >= 11 is 0. The molecule has 1 aromatic rings. The van der Waals surface area contributed by atoms with Crippen LogP contribution in [0.4, 0.5) is 4.39 Å². The molecule has 0 aromatic heterocycles. The van der Waals surface area contributed by atoms with Crippen LogP contribution in [-0.4, -0.2) is 54.7 Å². The smallest absolute Gasteiger partial charge is 0.251 e. The van der Waals surface area contributed by atoms with E-state index in [-0.39, 0.29) is 30.1 Å². The lowest BCUT2D eigenvalue weighted by Gasteiger charge is -2.42. The van der Waals surface area contributed by atoms with Gasteiger partial charge in [-0.2, -0.15) is 0 Å². The van der Waals surface area contributed by atoms with Crippen molar-refractivity contribution in [1.82, 2.24) is 10.2 Å². The first-order chi connectivity index (χ1) is 12.0. The topological polar surface area (TPSA) is 78.9 Å². The zero-order valence-electron chi connectivity index (χ0n) is 14.2. The minimum Gasteiger partial charge on any atom is -0.396 e. The molecule has 3 rings (SSSR count). The molecule has 2 amide bonds. The second-order valence-electron chi connectivity index (χ2n) is 6.93. The van der Waals surface area contributed by atoms with Crippen molar-refractivity contribution in [3.8, 4) is 0 Å². The van der Waals surface area contributed by atoms with Crippen molar-refractivity contribution in [3.63, 3.8) is 0 Å². The zero-order valence-corrected chi connectivity index (χ0v) is 14.2. The number of aliphatic hydroxyl groups is 1. The zero-order chi connectivity index (χ0) is 18.0. The molecule has 2 fully saturated rings. The fraction of sp³-hybridized carbons (Fsp3) is 0.556. The van der Waals surface area contributed by atoms with Gasteiger partial charge in [0.25, 0.3) is 5.91 Å². The summed E-state index contributed by atoms with van der Waals surface area (Å²) in [7, 11) is 1.55. The van der Waals surface area contributed by atoms with Gasteiger partial charge in [-0.3, -0.25) is 9.59 Å². The first-order valence-electron chi connectivity index (χ1n) is 8.48. The molecule has 2 aliphatic rings. The van der Waals surface area contributed by atoms with E-state index in [4.69, 9.17) is 4.74 Å². The Morgan fingerprint density at radius 3 is 2.76 bits per heavy atom. The number of nitrogens with one attached hydrogen (secondary N) is 1. The maximum atomic E-state index is 14.2. The van der Waals surface area contributed by atoms with E-state index in [1.54, 1.807) is 25.2 Å². The molecule has 1 aliphatic heterocycles. The number of hydrogen-bond acceptors (Lipinski definition) is 4. The molecule has 1 aromatic carbocycles. The van der Waals surface area contributed by atoms with Gasteiger partial charge in [0, 0.05) is 24.6 Å². The normalized spacial score (nSPS) is 25.4. The molecule has 2 N–H and O–H groups in total. The van der Waals surface area contributed by atoms with E-state index in [2.05, 4.69) is 5.32 Å². The van der Waals surface area contributed by atoms with Crippen LogP contribution in [0.25, 0.3) is 0 Å². The van der Waals surface area contributed by atoms with Gasteiger partial charge in [-0.15, -0.1) is 0 Å². The van der Waals surface area contributed by atoms with E-state index >= 15 is 0 Å². The molecule has 1 saturated heterocycles. The van der Waals surface area contributed by atoms with Gasteiger partial charge in [0.05, 0.1) is 12.6 Å². The van der Waals surface area contributed by atoms with Crippen LogP contribution in [0, 0.1) is 11.2 Å². The van der Waals surface area contributed by atoms with E-state index in [0.29, 0.717) is 6.54 Å². The summed E-state index contributed by atoms with van der Waals surface area (Å²) in [4.78, 5) is 26.0. The van der Waals surface area contributed by atoms with Crippen LogP contribution >= 0.6 is 0 Å². The second kappa shape index (κ2) is 7.09. The Morgan fingerprint density at radius 1 is 1.44 bits per heavy atom. The average Bonchev–Trinajstić information content (AvgIpc) is 2.57. The minimum absolute atomic E-state index is 0.0218. The number of hydrogen-bond donors (Lipinski definition) is 2. The largest absolute Gasteiger partial charge is 0.396 e. The van der Waals surface area contributed by atoms with Gasteiger partial charge in [0.1, 0.15) is 12.4 Å². The third-order valence-corrected chi connectivity index (χ3v) is 5.35. The predicted octanol–water partition coefficient (Wildman–Crippen LogP) is 1.00. The van der Waals surface area contributed by atoms with E-state index in [1.165, 1.54) is 11.0 Å². The van der Waals surface area contributed by atoms with E-state index in [9.17, 15) is 19.1 Å². The SMILES string of the molecule is CN1C(=O)CO[C@@H](C(=O)NCC2(CO)CCC2)[C@@H]1c1ccccc1F. The quantitative estimate of drug-likeness (QED) is 0.831. The Hall–Kier alpha value is -1.99. The summed E-state index contributed by atoms with van der Waals surface area (Å²) in [6.07, 6.45) is 1.77. The number of aliphatic hydroxyl groups excluding tert-OH is 1. The molecule has 0 spiro atoms. The number of carbonyl (C=O) groups is 2. The van der Waals surface area contributed by atoms with Crippen molar-refractivity contribution in [1.29, 1.82) is 0 Å². The third kappa shape index (κ3) is 3.39. The van der Waals surface area contributed by atoms with Gasteiger partial charge in [-0.1, -0.05) is 24.6 Å². The second-order valence-corrected chi connectivity index (χ2v) is 6.93. The number of rotatable bonds is 5. The summed E-state index contributed by atoms with van der Waals surface area (Å²) in [5.74, 6) is -1.18. The number of nitrogens with zero attached hydrogens (tertiary/aromatic N) is 1. The number of morpholine rings is 1. The fourth-order valence-electron chi connectivity index (χ4n) is 3.46. The molecule has 7 heteroatoms. The Morgan fingerprint density at radius 2 is 2.16 bits per heavy atom. The van der Waals surface area contributed by atoms with Gasteiger partial charge in [-0.05, 0) is 18.9 Å². The summed E-state index contributed by atoms with van der Waals surface area (Å²) < 4.78 is 19.7. The molecule has 0 bridgehead atoms. The van der Waals surface area contributed by atoms with Gasteiger partial charge in [0.15, 0.2) is 6.10 Å². The third-order valence-electron chi connectivity index (χ3n) is 5.35. The molecular weight excluding hydrogens is 327 g/mol. The summed E-state index contributed by atoms with van der Waals surface area (Å²) in [6.45, 7) is 0.155. The van der Waals surface area contributed by atoms with Crippen molar-refractivity contribution in [3.05, 3.63) is 35.6 Å².